The lowest BCUT2D eigenvalue weighted by atomic mass is 9.99. The van der Waals surface area contributed by atoms with E-state index in [0.29, 0.717) is 33.3 Å². The molecule has 0 radical (unpaired) electrons. The van der Waals surface area contributed by atoms with E-state index in [1.165, 1.54) is 0 Å². The van der Waals surface area contributed by atoms with Crippen molar-refractivity contribution in [3.05, 3.63) is 28.7 Å². The first kappa shape index (κ1) is 15.1. The summed E-state index contributed by atoms with van der Waals surface area (Å²) in [6.07, 6.45) is 4.08. The zero-order valence-corrected chi connectivity index (χ0v) is 12.6. The highest BCUT2D eigenvalue weighted by atomic mass is 19.3. The van der Waals surface area contributed by atoms with Gasteiger partial charge in [0, 0.05) is 11.3 Å². The van der Waals surface area contributed by atoms with Gasteiger partial charge in [0.1, 0.15) is 0 Å². The van der Waals surface area contributed by atoms with Gasteiger partial charge in [-0.25, -0.2) is 4.68 Å². The molecule has 0 saturated heterocycles. The number of nitrogens with two attached hydrogens (primary N) is 1. The fourth-order valence-electron chi connectivity index (χ4n) is 3.05. The average molecular weight is 311 g/mol. The smallest absolute Gasteiger partial charge is 0.333 e. The molecule has 0 bridgehead atoms. The molecule has 8 heteroatoms. The molecular formula is C14H19F2N5O. The second-order valence-electron chi connectivity index (χ2n) is 5.92. The lowest BCUT2D eigenvalue weighted by Crippen LogP contribution is -2.34. The molecule has 1 saturated carbocycles. The van der Waals surface area contributed by atoms with E-state index in [1.807, 2.05) is 0 Å². The van der Waals surface area contributed by atoms with Crippen molar-refractivity contribution in [2.24, 2.45) is 5.73 Å². The van der Waals surface area contributed by atoms with Crippen molar-refractivity contribution in [2.45, 2.75) is 58.0 Å². The number of rotatable bonds is 4. The third kappa shape index (κ3) is 2.51. The number of aromatic nitrogens is 4. The highest BCUT2D eigenvalue weighted by Crippen LogP contribution is 2.34. The quantitative estimate of drug-likeness (QED) is 0.938. The van der Waals surface area contributed by atoms with Crippen LogP contribution in [0.1, 0.15) is 60.9 Å². The van der Waals surface area contributed by atoms with Gasteiger partial charge in [0.25, 0.3) is 0 Å². The largest absolute Gasteiger partial charge is 0.339 e. The van der Waals surface area contributed by atoms with Crippen LogP contribution in [0.4, 0.5) is 8.78 Å². The molecule has 0 aliphatic heterocycles. The Morgan fingerprint density at radius 2 is 2.00 bits per heavy atom. The summed E-state index contributed by atoms with van der Waals surface area (Å²) in [4.78, 5) is 4.37. The van der Waals surface area contributed by atoms with Gasteiger partial charge in [0.15, 0.2) is 5.82 Å². The van der Waals surface area contributed by atoms with Crippen LogP contribution in [0.25, 0.3) is 0 Å². The topological polar surface area (TPSA) is 82.8 Å². The van der Waals surface area contributed by atoms with E-state index in [9.17, 15) is 8.78 Å². The van der Waals surface area contributed by atoms with Crippen molar-refractivity contribution < 1.29 is 13.3 Å². The molecule has 0 amide bonds. The summed E-state index contributed by atoms with van der Waals surface area (Å²) < 4.78 is 31.7. The van der Waals surface area contributed by atoms with Gasteiger partial charge >= 0.3 is 6.55 Å². The van der Waals surface area contributed by atoms with Crippen LogP contribution < -0.4 is 5.73 Å². The zero-order valence-electron chi connectivity index (χ0n) is 12.6. The van der Waals surface area contributed by atoms with Gasteiger partial charge in [-0.2, -0.15) is 18.9 Å². The maximum absolute atomic E-state index is 12.9. The highest BCUT2D eigenvalue weighted by molar-refractivity contribution is 5.27. The van der Waals surface area contributed by atoms with Crippen LogP contribution >= 0.6 is 0 Å². The fourth-order valence-corrected chi connectivity index (χ4v) is 3.05. The monoisotopic (exact) mass is 311 g/mol. The first-order chi connectivity index (χ1) is 10.4. The molecular weight excluding hydrogens is 292 g/mol. The van der Waals surface area contributed by atoms with Gasteiger partial charge in [0.05, 0.1) is 17.7 Å². The summed E-state index contributed by atoms with van der Waals surface area (Å²) in [5, 5.41) is 7.84. The molecule has 120 valence electrons. The molecule has 3 rings (SSSR count). The predicted molar refractivity (Wildman–Crippen MR) is 74.4 cm³/mol. The average Bonchev–Trinajstić information content (AvgIpc) is 3.15. The van der Waals surface area contributed by atoms with E-state index >= 15 is 0 Å². The number of alkyl halides is 2. The van der Waals surface area contributed by atoms with Crippen LogP contribution in [0.5, 0.6) is 0 Å². The summed E-state index contributed by atoms with van der Waals surface area (Å²) in [7, 11) is 0. The SMILES string of the molecule is Cc1nn(C(F)F)c(C)c1Cc1nc(C2(N)CCCC2)no1. The Hall–Kier alpha value is -1.83. The summed E-state index contributed by atoms with van der Waals surface area (Å²) >= 11 is 0. The van der Waals surface area contributed by atoms with Crippen molar-refractivity contribution in [2.75, 3.05) is 0 Å². The maximum Gasteiger partial charge on any atom is 0.333 e. The van der Waals surface area contributed by atoms with E-state index < -0.39 is 12.1 Å². The summed E-state index contributed by atoms with van der Waals surface area (Å²) in [5.41, 5.74) is 7.42. The lowest BCUT2D eigenvalue weighted by Gasteiger charge is -2.17. The molecule has 1 aliphatic rings. The molecule has 22 heavy (non-hydrogen) atoms. The first-order valence-corrected chi connectivity index (χ1v) is 7.35. The third-order valence-electron chi connectivity index (χ3n) is 4.40. The van der Waals surface area contributed by atoms with Gasteiger partial charge in [0.2, 0.25) is 5.89 Å². The molecule has 2 aromatic rings. The maximum atomic E-state index is 12.9. The van der Waals surface area contributed by atoms with Crippen molar-refractivity contribution in [1.82, 2.24) is 19.9 Å². The van der Waals surface area contributed by atoms with Crippen LogP contribution in [-0.2, 0) is 12.0 Å². The molecule has 2 heterocycles. The Balaban J connectivity index is 1.84. The normalized spacial score (nSPS) is 17.5. The Morgan fingerprint density at radius 3 is 2.59 bits per heavy atom. The van der Waals surface area contributed by atoms with Crippen molar-refractivity contribution in [3.63, 3.8) is 0 Å². The minimum Gasteiger partial charge on any atom is -0.339 e. The van der Waals surface area contributed by atoms with Gasteiger partial charge < -0.3 is 10.3 Å². The standard InChI is InChI=1S/C14H19F2N5O/c1-8-10(9(2)21(19-8)13(15)16)7-11-18-12(20-22-11)14(17)5-3-4-6-14/h13H,3-7,17H2,1-2H3. The second-order valence-corrected chi connectivity index (χ2v) is 5.92. The molecule has 1 fully saturated rings. The van der Waals surface area contributed by atoms with E-state index in [4.69, 9.17) is 10.3 Å². The minimum atomic E-state index is -2.66. The van der Waals surface area contributed by atoms with Gasteiger partial charge in [-0.15, -0.1) is 0 Å². The second kappa shape index (κ2) is 5.42. The molecule has 6 nitrogen and oxygen atoms in total. The lowest BCUT2D eigenvalue weighted by molar-refractivity contribution is 0.0540. The van der Waals surface area contributed by atoms with Crippen LogP contribution in [0.15, 0.2) is 4.52 Å². The van der Waals surface area contributed by atoms with Crippen LogP contribution in [0.2, 0.25) is 0 Å². The summed E-state index contributed by atoms with van der Waals surface area (Å²) in [6.45, 7) is 0.650. The van der Waals surface area contributed by atoms with Crippen LogP contribution in [0, 0.1) is 13.8 Å². The number of hydrogen-bond acceptors (Lipinski definition) is 5. The Labute approximate surface area is 126 Å². The minimum absolute atomic E-state index is 0.285. The van der Waals surface area contributed by atoms with E-state index in [-0.39, 0.29) is 6.42 Å². The summed E-state index contributed by atoms with van der Waals surface area (Å²) in [5.74, 6) is 0.892. The predicted octanol–water partition coefficient (Wildman–Crippen LogP) is 2.60. The first-order valence-electron chi connectivity index (χ1n) is 7.35. The number of hydrogen-bond donors (Lipinski definition) is 1. The van der Waals surface area contributed by atoms with E-state index in [2.05, 4.69) is 15.2 Å². The number of halogens is 2. The van der Waals surface area contributed by atoms with Gasteiger partial charge in [-0.3, -0.25) is 0 Å². The van der Waals surface area contributed by atoms with E-state index in [0.717, 1.165) is 25.7 Å². The van der Waals surface area contributed by atoms with Crippen LogP contribution in [-0.4, -0.2) is 19.9 Å². The van der Waals surface area contributed by atoms with Gasteiger partial charge in [-0.1, -0.05) is 18.0 Å². The Morgan fingerprint density at radius 1 is 1.32 bits per heavy atom. The van der Waals surface area contributed by atoms with Gasteiger partial charge in [-0.05, 0) is 26.7 Å². The number of aryl methyl sites for hydroxylation is 1. The molecule has 1 aliphatic carbocycles. The van der Waals surface area contributed by atoms with Crippen molar-refractivity contribution in [1.29, 1.82) is 0 Å². The molecule has 0 unspecified atom stereocenters. The summed E-state index contributed by atoms with van der Waals surface area (Å²) in [6, 6.07) is 0. The van der Waals surface area contributed by atoms with Crippen molar-refractivity contribution in [3.8, 4) is 0 Å². The third-order valence-corrected chi connectivity index (χ3v) is 4.40. The van der Waals surface area contributed by atoms with Crippen LogP contribution in [0.3, 0.4) is 0 Å². The van der Waals surface area contributed by atoms with Crippen molar-refractivity contribution >= 4 is 0 Å². The Bertz CT molecular complexity index is 673. The molecule has 0 spiro atoms. The van der Waals surface area contributed by atoms with E-state index in [1.54, 1.807) is 13.8 Å². The fraction of sp³-hybridized carbons (Fsp3) is 0.643. The molecule has 0 atom stereocenters. The zero-order chi connectivity index (χ0) is 15.9. The highest BCUT2D eigenvalue weighted by Gasteiger charge is 2.36. The Kier molecular flexibility index (Phi) is 3.72. The molecule has 0 aromatic carbocycles. The molecule has 2 N–H and O–H groups in total. The number of nitrogens with zero attached hydrogens (tertiary/aromatic N) is 4. The molecule has 2 aromatic heterocycles.